The molecule has 2 aromatic carbocycles. The molecule has 2 rings (SSSR count). The highest BCUT2D eigenvalue weighted by molar-refractivity contribution is 6.35. The summed E-state index contributed by atoms with van der Waals surface area (Å²) in [5.74, 6) is -2.94. The van der Waals surface area contributed by atoms with E-state index in [1.165, 1.54) is 6.07 Å². The number of nitrogens with one attached hydrogen (secondary N) is 1. The van der Waals surface area contributed by atoms with Crippen LogP contribution in [0.3, 0.4) is 0 Å². The highest BCUT2D eigenvalue weighted by Gasteiger charge is 2.20. The number of nitrogens with two attached hydrogens (primary N) is 1. The van der Waals surface area contributed by atoms with Crippen molar-refractivity contribution < 1.29 is 18.4 Å². The number of carbonyl (C=O) groups excluding carboxylic acids is 2. The van der Waals surface area contributed by atoms with Crippen LogP contribution in [-0.2, 0) is 22.4 Å². The van der Waals surface area contributed by atoms with Gasteiger partial charge < -0.3 is 11.1 Å². The fourth-order valence-electron chi connectivity index (χ4n) is 2.27. The van der Waals surface area contributed by atoms with Gasteiger partial charge in [0.05, 0.1) is 6.42 Å². The van der Waals surface area contributed by atoms with Crippen molar-refractivity contribution in [3.05, 3.63) is 69.2 Å². The van der Waals surface area contributed by atoms with E-state index in [2.05, 4.69) is 5.32 Å². The van der Waals surface area contributed by atoms with E-state index in [0.717, 1.165) is 12.1 Å². The van der Waals surface area contributed by atoms with Crippen LogP contribution in [0, 0.1) is 11.6 Å². The van der Waals surface area contributed by atoms with E-state index in [9.17, 15) is 18.4 Å². The summed E-state index contributed by atoms with van der Waals surface area (Å²) in [6.45, 7) is 0. The lowest BCUT2D eigenvalue weighted by Gasteiger charge is -2.16. The molecule has 132 valence electrons. The molecule has 0 aliphatic heterocycles. The van der Waals surface area contributed by atoms with E-state index >= 15 is 0 Å². The SMILES string of the molecule is NC(=O)[C@H](Cc1ccc(Cl)cc1Cl)NC(=O)Cc1cc(F)cc(F)c1. The summed E-state index contributed by atoms with van der Waals surface area (Å²) in [6.07, 6.45) is -0.235. The summed E-state index contributed by atoms with van der Waals surface area (Å²) in [7, 11) is 0. The molecule has 4 nitrogen and oxygen atoms in total. The number of hydrogen-bond donors (Lipinski definition) is 2. The average molecular weight is 387 g/mol. The molecule has 0 aliphatic rings. The number of primary amides is 1. The number of benzene rings is 2. The maximum absolute atomic E-state index is 13.2. The maximum atomic E-state index is 13.2. The van der Waals surface area contributed by atoms with Crippen molar-refractivity contribution in [3.8, 4) is 0 Å². The van der Waals surface area contributed by atoms with E-state index in [-0.39, 0.29) is 18.4 Å². The van der Waals surface area contributed by atoms with E-state index in [1.54, 1.807) is 12.1 Å². The molecule has 0 unspecified atom stereocenters. The molecule has 0 radical (unpaired) electrons. The predicted octanol–water partition coefficient (Wildman–Crippen LogP) is 3.03. The van der Waals surface area contributed by atoms with Gasteiger partial charge in [0.1, 0.15) is 17.7 Å². The average Bonchev–Trinajstić information content (AvgIpc) is 2.47. The van der Waals surface area contributed by atoms with E-state index in [1.807, 2.05) is 0 Å². The van der Waals surface area contributed by atoms with Crippen molar-refractivity contribution in [1.29, 1.82) is 0 Å². The third kappa shape index (κ3) is 5.69. The Kier molecular flexibility index (Phi) is 6.33. The number of halogens is 4. The molecule has 2 amide bonds. The van der Waals surface area contributed by atoms with E-state index < -0.39 is 29.5 Å². The van der Waals surface area contributed by atoms with Gasteiger partial charge in [-0.2, -0.15) is 0 Å². The summed E-state index contributed by atoms with van der Waals surface area (Å²) < 4.78 is 26.3. The Labute approximate surface area is 152 Å². The van der Waals surface area contributed by atoms with Crippen molar-refractivity contribution in [1.82, 2.24) is 5.32 Å². The van der Waals surface area contributed by atoms with Gasteiger partial charge in [-0.3, -0.25) is 9.59 Å². The molecule has 0 fully saturated rings. The first-order valence-electron chi connectivity index (χ1n) is 7.22. The van der Waals surface area contributed by atoms with Gasteiger partial charge in [0.2, 0.25) is 11.8 Å². The number of amides is 2. The Morgan fingerprint density at radius 3 is 2.28 bits per heavy atom. The Balaban J connectivity index is 2.07. The van der Waals surface area contributed by atoms with Crippen LogP contribution in [0.25, 0.3) is 0 Å². The Hall–Kier alpha value is -2.18. The Morgan fingerprint density at radius 2 is 1.72 bits per heavy atom. The number of rotatable bonds is 6. The van der Waals surface area contributed by atoms with Crippen LogP contribution < -0.4 is 11.1 Å². The van der Waals surface area contributed by atoms with Crippen molar-refractivity contribution >= 4 is 35.0 Å². The zero-order valence-corrected chi connectivity index (χ0v) is 14.4. The van der Waals surface area contributed by atoms with E-state index in [4.69, 9.17) is 28.9 Å². The second kappa shape index (κ2) is 8.27. The van der Waals surface area contributed by atoms with Crippen LogP contribution in [0.4, 0.5) is 8.78 Å². The molecule has 3 N–H and O–H groups in total. The molecule has 0 heterocycles. The smallest absolute Gasteiger partial charge is 0.240 e. The van der Waals surface area contributed by atoms with Gasteiger partial charge in [0, 0.05) is 22.5 Å². The summed E-state index contributed by atoms with van der Waals surface area (Å²) in [5.41, 5.74) is 6.03. The zero-order chi connectivity index (χ0) is 18.6. The second-order valence-corrected chi connectivity index (χ2v) is 6.26. The van der Waals surface area contributed by atoms with Gasteiger partial charge in [-0.05, 0) is 35.4 Å². The molecule has 2 aromatic rings. The van der Waals surface area contributed by atoms with Gasteiger partial charge >= 0.3 is 0 Å². The topological polar surface area (TPSA) is 72.2 Å². The van der Waals surface area contributed by atoms with E-state index in [0.29, 0.717) is 21.7 Å². The molecular weight excluding hydrogens is 373 g/mol. The lowest BCUT2D eigenvalue weighted by atomic mass is 10.0. The lowest BCUT2D eigenvalue weighted by Crippen LogP contribution is -2.46. The van der Waals surface area contributed by atoms with Crippen molar-refractivity contribution in [2.24, 2.45) is 5.73 Å². The third-order valence-corrected chi connectivity index (χ3v) is 3.99. The molecule has 0 aliphatic carbocycles. The molecule has 0 spiro atoms. The van der Waals surface area contributed by atoms with Gasteiger partial charge in [-0.1, -0.05) is 29.3 Å². The van der Waals surface area contributed by atoms with Gasteiger partial charge in [-0.15, -0.1) is 0 Å². The van der Waals surface area contributed by atoms with Crippen molar-refractivity contribution in [2.75, 3.05) is 0 Å². The molecule has 0 bridgehead atoms. The zero-order valence-electron chi connectivity index (χ0n) is 12.9. The largest absolute Gasteiger partial charge is 0.368 e. The van der Waals surface area contributed by atoms with Crippen LogP contribution in [0.2, 0.25) is 10.0 Å². The van der Waals surface area contributed by atoms with Crippen LogP contribution in [0.15, 0.2) is 36.4 Å². The van der Waals surface area contributed by atoms with Crippen molar-refractivity contribution in [2.45, 2.75) is 18.9 Å². The number of hydrogen-bond acceptors (Lipinski definition) is 2. The molecule has 25 heavy (non-hydrogen) atoms. The van der Waals surface area contributed by atoms with Crippen LogP contribution in [-0.4, -0.2) is 17.9 Å². The summed E-state index contributed by atoms with van der Waals surface area (Å²) >= 11 is 11.9. The first-order valence-corrected chi connectivity index (χ1v) is 7.98. The molecule has 0 saturated heterocycles. The quantitative estimate of drug-likeness (QED) is 0.800. The van der Waals surface area contributed by atoms with Crippen LogP contribution in [0.5, 0.6) is 0 Å². The lowest BCUT2D eigenvalue weighted by molar-refractivity contribution is -0.127. The highest BCUT2D eigenvalue weighted by Crippen LogP contribution is 2.22. The molecule has 0 saturated carbocycles. The van der Waals surface area contributed by atoms with Crippen LogP contribution >= 0.6 is 23.2 Å². The molecule has 8 heteroatoms. The van der Waals surface area contributed by atoms with Gasteiger partial charge in [0.15, 0.2) is 0 Å². The maximum Gasteiger partial charge on any atom is 0.240 e. The van der Waals surface area contributed by atoms with Gasteiger partial charge in [0.25, 0.3) is 0 Å². The molecule has 1 atom stereocenters. The monoisotopic (exact) mass is 386 g/mol. The fourth-order valence-corrected chi connectivity index (χ4v) is 2.76. The molecule has 0 aromatic heterocycles. The summed E-state index contributed by atoms with van der Waals surface area (Å²) in [5, 5.41) is 3.21. The molecular formula is C17H14Cl2F2N2O2. The first kappa shape index (κ1) is 19.1. The number of carbonyl (C=O) groups is 2. The third-order valence-electron chi connectivity index (χ3n) is 3.40. The minimum Gasteiger partial charge on any atom is -0.368 e. The summed E-state index contributed by atoms with van der Waals surface area (Å²) in [4.78, 5) is 23.7. The minimum atomic E-state index is -1.02. The standard InChI is InChI=1S/C17H14Cl2F2N2O2/c18-11-2-1-10(14(19)7-11)6-15(17(22)25)23-16(24)5-9-3-12(20)8-13(21)4-9/h1-4,7-8,15H,5-6H2,(H2,22,25)(H,23,24)/t15-/m0/s1. The first-order chi connectivity index (χ1) is 11.7. The normalized spacial score (nSPS) is 11.8. The van der Waals surface area contributed by atoms with Crippen molar-refractivity contribution in [3.63, 3.8) is 0 Å². The minimum absolute atomic E-state index is 0.0641. The predicted molar refractivity (Wildman–Crippen MR) is 91.4 cm³/mol. The van der Waals surface area contributed by atoms with Crippen LogP contribution in [0.1, 0.15) is 11.1 Å². The second-order valence-electron chi connectivity index (χ2n) is 5.42. The summed E-state index contributed by atoms with van der Waals surface area (Å²) in [6, 6.07) is 6.48. The van der Waals surface area contributed by atoms with Gasteiger partial charge in [-0.25, -0.2) is 8.78 Å². The fraction of sp³-hybridized carbons (Fsp3) is 0.176. The Morgan fingerprint density at radius 1 is 1.08 bits per heavy atom. The highest BCUT2D eigenvalue weighted by atomic mass is 35.5. The Bertz CT molecular complexity index is 795.